The van der Waals surface area contributed by atoms with Crippen LogP contribution in [0.25, 0.3) is 0 Å². The normalized spacial score (nSPS) is 29.0. The van der Waals surface area contributed by atoms with Crippen LogP contribution in [0.1, 0.15) is 68.3 Å². The van der Waals surface area contributed by atoms with Gasteiger partial charge in [0.05, 0.1) is 5.69 Å². The average molecular weight is 358 g/mol. The molecule has 1 N–H and O–H groups in total. The maximum Gasteiger partial charge on any atom is 0.140 e. The van der Waals surface area contributed by atoms with Gasteiger partial charge in [-0.05, 0) is 53.4 Å². The molecule has 0 aromatic carbocycles. The van der Waals surface area contributed by atoms with E-state index < -0.39 is 5.60 Å². The Hall–Kier alpha value is -1.66. The number of nitrogens with zero attached hydrogens (tertiary/aromatic N) is 5. The number of rotatable bonds is 4. The number of aliphatic hydroxyl groups is 1. The molecule has 2 aliphatic rings. The highest BCUT2D eigenvalue weighted by molar-refractivity contribution is 5.26. The molecule has 3 atom stereocenters. The van der Waals surface area contributed by atoms with Gasteiger partial charge in [-0.1, -0.05) is 0 Å². The van der Waals surface area contributed by atoms with Gasteiger partial charge in [0.1, 0.15) is 11.4 Å². The van der Waals surface area contributed by atoms with Crippen molar-refractivity contribution in [3.63, 3.8) is 0 Å². The SMILES string of the molecule is Cc1nn(C(C)C)c(C)c1CN1[C@@H]2CC[C@H]1CC(O)(c1nccn1C)C2. The molecule has 0 radical (unpaired) electrons. The highest BCUT2D eigenvalue weighted by Gasteiger charge is 2.50. The lowest BCUT2D eigenvalue weighted by molar-refractivity contribution is -0.0670. The molecule has 2 aliphatic heterocycles. The summed E-state index contributed by atoms with van der Waals surface area (Å²) in [7, 11) is 1.97. The summed E-state index contributed by atoms with van der Waals surface area (Å²) in [5.41, 5.74) is 2.98. The van der Waals surface area contributed by atoms with Gasteiger partial charge >= 0.3 is 0 Å². The zero-order valence-electron chi connectivity index (χ0n) is 16.6. The van der Waals surface area contributed by atoms with E-state index in [2.05, 4.69) is 42.3 Å². The molecule has 0 saturated carbocycles. The van der Waals surface area contributed by atoms with Crippen LogP contribution in [0.3, 0.4) is 0 Å². The van der Waals surface area contributed by atoms with Gasteiger partial charge < -0.3 is 9.67 Å². The molecule has 6 nitrogen and oxygen atoms in total. The maximum absolute atomic E-state index is 11.3. The van der Waals surface area contributed by atoms with Crippen molar-refractivity contribution in [3.8, 4) is 0 Å². The van der Waals surface area contributed by atoms with Crippen LogP contribution in [0, 0.1) is 13.8 Å². The molecular weight excluding hydrogens is 326 g/mol. The van der Waals surface area contributed by atoms with E-state index in [-0.39, 0.29) is 0 Å². The molecule has 0 amide bonds. The number of aryl methyl sites for hydroxylation is 2. The van der Waals surface area contributed by atoms with Crippen LogP contribution in [0.5, 0.6) is 0 Å². The molecule has 1 unspecified atom stereocenters. The van der Waals surface area contributed by atoms with Gasteiger partial charge in [-0.25, -0.2) is 4.98 Å². The van der Waals surface area contributed by atoms with Gasteiger partial charge in [-0.2, -0.15) is 5.10 Å². The molecule has 2 bridgehead atoms. The molecule has 2 aromatic heterocycles. The van der Waals surface area contributed by atoms with E-state index in [0.717, 1.165) is 43.7 Å². The second kappa shape index (κ2) is 6.20. The van der Waals surface area contributed by atoms with Crippen molar-refractivity contribution in [1.82, 2.24) is 24.2 Å². The molecule has 26 heavy (non-hydrogen) atoms. The number of aromatic nitrogens is 4. The Morgan fingerprint density at radius 2 is 1.88 bits per heavy atom. The van der Waals surface area contributed by atoms with E-state index in [4.69, 9.17) is 5.10 Å². The van der Waals surface area contributed by atoms with Gasteiger partial charge in [0.15, 0.2) is 0 Å². The van der Waals surface area contributed by atoms with Crippen LogP contribution < -0.4 is 0 Å². The van der Waals surface area contributed by atoms with Crippen molar-refractivity contribution in [3.05, 3.63) is 35.2 Å². The molecule has 4 heterocycles. The van der Waals surface area contributed by atoms with Crippen molar-refractivity contribution in [1.29, 1.82) is 0 Å². The van der Waals surface area contributed by atoms with Crippen LogP contribution in [-0.4, -0.2) is 41.4 Å². The maximum atomic E-state index is 11.3. The Morgan fingerprint density at radius 3 is 2.38 bits per heavy atom. The topological polar surface area (TPSA) is 59.1 Å². The molecule has 2 fully saturated rings. The van der Waals surface area contributed by atoms with Gasteiger partial charge in [0, 0.05) is 55.4 Å². The first-order chi connectivity index (χ1) is 12.3. The first kappa shape index (κ1) is 17.7. The van der Waals surface area contributed by atoms with E-state index in [9.17, 15) is 5.11 Å². The summed E-state index contributed by atoms with van der Waals surface area (Å²) in [6, 6.07) is 1.21. The summed E-state index contributed by atoms with van der Waals surface area (Å²) in [6.07, 6.45) is 7.57. The summed E-state index contributed by atoms with van der Waals surface area (Å²) < 4.78 is 4.11. The molecule has 2 saturated heterocycles. The zero-order chi connectivity index (χ0) is 18.6. The first-order valence-electron chi connectivity index (χ1n) is 9.80. The van der Waals surface area contributed by atoms with Crippen molar-refractivity contribution in [2.45, 2.75) is 83.6 Å². The third kappa shape index (κ3) is 2.70. The third-order valence-electron chi connectivity index (χ3n) is 6.46. The lowest BCUT2D eigenvalue weighted by Gasteiger charge is -2.43. The molecule has 142 valence electrons. The summed E-state index contributed by atoms with van der Waals surface area (Å²) in [5.74, 6) is 0.814. The van der Waals surface area contributed by atoms with Gasteiger partial charge in [0.2, 0.25) is 0 Å². The summed E-state index contributed by atoms with van der Waals surface area (Å²) >= 11 is 0. The Kier molecular flexibility index (Phi) is 4.23. The Morgan fingerprint density at radius 1 is 1.23 bits per heavy atom. The second-order valence-corrected chi connectivity index (χ2v) is 8.55. The number of piperidine rings is 1. The molecule has 2 aromatic rings. The lowest BCUT2D eigenvalue weighted by Crippen LogP contribution is -2.50. The molecular formula is C20H31N5O. The predicted molar refractivity (Wildman–Crippen MR) is 101 cm³/mol. The van der Waals surface area contributed by atoms with Crippen LogP contribution >= 0.6 is 0 Å². The standard InChI is InChI=1S/C20H31N5O/c1-13(2)25-15(4)18(14(3)22-25)12-24-16-6-7-17(24)11-20(26,10-16)19-21-8-9-23(19)5/h8-9,13,16-17,26H,6-7,10-12H2,1-5H3/t16-,17+,20?. The summed E-state index contributed by atoms with van der Waals surface area (Å²) in [6.45, 7) is 9.61. The van der Waals surface area contributed by atoms with Crippen LogP contribution in [0.15, 0.2) is 12.4 Å². The zero-order valence-corrected chi connectivity index (χ0v) is 16.6. The Bertz CT molecular complexity index is 791. The summed E-state index contributed by atoms with van der Waals surface area (Å²) in [4.78, 5) is 7.06. The van der Waals surface area contributed by atoms with Crippen LogP contribution in [0.2, 0.25) is 0 Å². The van der Waals surface area contributed by atoms with E-state index in [1.165, 1.54) is 11.3 Å². The van der Waals surface area contributed by atoms with E-state index in [1.807, 2.05) is 17.8 Å². The van der Waals surface area contributed by atoms with Crippen molar-refractivity contribution in [2.24, 2.45) is 7.05 Å². The van der Waals surface area contributed by atoms with E-state index in [1.54, 1.807) is 6.20 Å². The van der Waals surface area contributed by atoms with E-state index >= 15 is 0 Å². The van der Waals surface area contributed by atoms with Crippen molar-refractivity contribution >= 4 is 0 Å². The second-order valence-electron chi connectivity index (χ2n) is 8.55. The smallest absolute Gasteiger partial charge is 0.140 e. The fourth-order valence-electron chi connectivity index (χ4n) is 5.18. The number of imidazole rings is 1. The van der Waals surface area contributed by atoms with Gasteiger partial charge in [-0.15, -0.1) is 0 Å². The number of hydrogen-bond acceptors (Lipinski definition) is 4. The van der Waals surface area contributed by atoms with Crippen LogP contribution in [-0.2, 0) is 19.2 Å². The third-order valence-corrected chi connectivity index (χ3v) is 6.46. The Labute approximate surface area is 155 Å². The first-order valence-corrected chi connectivity index (χ1v) is 9.80. The molecule has 6 heteroatoms. The summed E-state index contributed by atoms with van der Waals surface area (Å²) in [5, 5.41) is 16.1. The largest absolute Gasteiger partial charge is 0.382 e. The highest BCUT2D eigenvalue weighted by atomic mass is 16.3. The van der Waals surface area contributed by atoms with Crippen molar-refractivity contribution in [2.75, 3.05) is 0 Å². The lowest BCUT2D eigenvalue weighted by atomic mass is 9.85. The Balaban J connectivity index is 1.58. The van der Waals surface area contributed by atoms with E-state index in [0.29, 0.717) is 18.1 Å². The molecule has 0 aliphatic carbocycles. The minimum absolute atomic E-state index is 0.383. The van der Waals surface area contributed by atoms with Gasteiger partial charge in [0.25, 0.3) is 0 Å². The monoisotopic (exact) mass is 357 g/mol. The fourth-order valence-corrected chi connectivity index (χ4v) is 5.18. The molecule has 4 rings (SSSR count). The minimum Gasteiger partial charge on any atom is -0.382 e. The highest BCUT2D eigenvalue weighted by Crippen LogP contribution is 2.46. The number of fused-ring (bicyclic) bond motifs is 2. The quantitative estimate of drug-likeness (QED) is 0.914. The predicted octanol–water partition coefficient (Wildman–Crippen LogP) is 2.83. The van der Waals surface area contributed by atoms with Crippen molar-refractivity contribution < 1.29 is 5.11 Å². The van der Waals surface area contributed by atoms with Gasteiger partial charge in [-0.3, -0.25) is 9.58 Å². The molecule has 0 spiro atoms. The fraction of sp³-hybridized carbons (Fsp3) is 0.700. The van der Waals surface area contributed by atoms with Crippen LogP contribution in [0.4, 0.5) is 0 Å². The average Bonchev–Trinajstić information content (AvgIpc) is 3.20. The number of hydrogen-bond donors (Lipinski definition) is 1. The minimum atomic E-state index is -0.799.